The van der Waals surface area contributed by atoms with E-state index in [0.717, 1.165) is 31.8 Å². The van der Waals surface area contributed by atoms with E-state index < -0.39 is 11.4 Å². The molecule has 1 saturated carbocycles. The maximum atomic E-state index is 13.8. The maximum Gasteiger partial charge on any atom is 0.263 e. The van der Waals surface area contributed by atoms with Gasteiger partial charge < -0.3 is 15.0 Å². The quantitative estimate of drug-likeness (QED) is 0.476. The molecule has 5 rings (SSSR count). The van der Waals surface area contributed by atoms with E-state index in [-0.39, 0.29) is 46.5 Å². The van der Waals surface area contributed by atoms with E-state index in [1.54, 1.807) is 12.3 Å². The van der Waals surface area contributed by atoms with E-state index in [1.807, 2.05) is 13.8 Å². The van der Waals surface area contributed by atoms with Crippen molar-refractivity contribution in [2.24, 2.45) is 5.92 Å². The predicted octanol–water partition coefficient (Wildman–Crippen LogP) is 4.03. The lowest BCUT2D eigenvalue weighted by atomic mass is 10.1. The van der Waals surface area contributed by atoms with E-state index in [4.69, 9.17) is 16.3 Å². The molecule has 1 N–H and O–H groups in total. The second-order valence-electron chi connectivity index (χ2n) is 10.3. The summed E-state index contributed by atoms with van der Waals surface area (Å²) in [5, 5.41) is 2.94. The Labute approximate surface area is 219 Å². The number of aromatic nitrogens is 3. The zero-order valence-electron chi connectivity index (χ0n) is 21.0. The molecular weight excluding hydrogens is 497 g/mol. The van der Waals surface area contributed by atoms with Crippen LogP contribution in [0.2, 0.25) is 5.02 Å². The third-order valence-corrected chi connectivity index (χ3v) is 7.05. The lowest BCUT2D eigenvalue weighted by Gasteiger charge is -2.32. The summed E-state index contributed by atoms with van der Waals surface area (Å²) in [6.07, 6.45) is 6.17. The van der Waals surface area contributed by atoms with Gasteiger partial charge in [0.25, 0.3) is 5.56 Å². The van der Waals surface area contributed by atoms with Crippen molar-refractivity contribution in [1.82, 2.24) is 24.8 Å². The molecule has 8 nitrogen and oxygen atoms in total. The average molecular weight is 528 g/mol. The Balaban J connectivity index is 1.44. The second kappa shape index (κ2) is 10.8. The van der Waals surface area contributed by atoms with Gasteiger partial charge in [-0.15, -0.1) is 0 Å². The number of benzene rings is 1. The molecule has 2 fully saturated rings. The van der Waals surface area contributed by atoms with Gasteiger partial charge in [-0.2, -0.15) is 0 Å². The van der Waals surface area contributed by atoms with Crippen LogP contribution in [0, 0.1) is 11.7 Å². The SMILES string of the molecule is CC(C)NC(=O)Cn1c(-c2ccc(F)c(Cl)c2)nc2ncc(OC3CCN(CC4CC4)CC3)cc2c1=O. The van der Waals surface area contributed by atoms with Crippen LogP contribution in [0.15, 0.2) is 35.3 Å². The summed E-state index contributed by atoms with van der Waals surface area (Å²) in [5.41, 5.74) is 0.187. The molecule has 1 aromatic carbocycles. The molecule has 1 aliphatic heterocycles. The van der Waals surface area contributed by atoms with Gasteiger partial charge in [0.05, 0.1) is 16.6 Å². The monoisotopic (exact) mass is 527 g/mol. The summed E-state index contributed by atoms with van der Waals surface area (Å²) in [7, 11) is 0. The van der Waals surface area contributed by atoms with Crippen molar-refractivity contribution in [2.75, 3.05) is 19.6 Å². The normalized spacial score (nSPS) is 16.9. The van der Waals surface area contributed by atoms with Crippen LogP contribution in [0.1, 0.15) is 39.5 Å². The van der Waals surface area contributed by atoms with E-state index in [1.165, 1.54) is 42.2 Å². The van der Waals surface area contributed by atoms with Gasteiger partial charge >= 0.3 is 0 Å². The number of nitrogens with zero attached hydrogens (tertiary/aromatic N) is 4. The van der Waals surface area contributed by atoms with Crippen molar-refractivity contribution in [3.8, 4) is 17.1 Å². The number of likely N-dealkylation sites (tertiary alicyclic amines) is 1. The number of fused-ring (bicyclic) bond motifs is 1. The molecule has 3 heterocycles. The third kappa shape index (κ3) is 6.10. The van der Waals surface area contributed by atoms with Crippen LogP contribution in [0.4, 0.5) is 4.39 Å². The molecule has 196 valence electrons. The zero-order chi connectivity index (χ0) is 26.1. The minimum absolute atomic E-state index is 0.0577. The van der Waals surface area contributed by atoms with Gasteiger partial charge in [-0.1, -0.05) is 11.6 Å². The molecule has 3 aromatic rings. The molecule has 1 aliphatic carbocycles. The number of hydrogen-bond acceptors (Lipinski definition) is 6. The van der Waals surface area contributed by atoms with Gasteiger partial charge in [-0.25, -0.2) is 14.4 Å². The van der Waals surface area contributed by atoms with Crippen LogP contribution in [0.5, 0.6) is 5.75 Å². The van der Waals surface area contributed by atoms with Crippen LogP contribution in [0.25, 0.3) is 22.4 Å². The van der Waals surface area contributed by atoms with Crippen LogP contribution in [0.3, 0.4) is 0 Å². The van der Waals surface area contributed by atoms with Gasteiger partial charge in [0.1, 0.15) is 30.0 Å². The highest BCUT2D eigenvalue weighted by molar-refractivity contribution is 6.31. The maximum absolute atomic E-state index is 13.8. The van der Waals surface area contributed by atoms with Gasteiger partial charge in [-0.3, -0.25) is 14.2 Å². The lowest BCUT2D eigenvalue weighted by Crippen LogP contribution is -2.39. The number of carbonyl (C=O) groups excluding carboxylic acids is 1. The molecule has 0 spiro atoms. The first-order valence-corrected chi connectivity index (χ1v) is 13.2. The van der Waals surface area contributed by atoms with Gasteiger partial charge in [0.2, 0.25) is 5.91 Å². The minimum Gasteiger partial charge on any atom is -0.489 e. The molecular formula is C27H31ClFN5O3. The van der Waals surface area contributed by atoms with Crippen molar-refractivity contribution in [2.45, 2.75) is 58.2 Å². The molecule has 0 bridgehead atoms. The van der Waals surface area contributed by atoms with Gasteiger partial charge in [-0.05, 0) is 69.7 Å². The van der Waals surface area contributed by atoms with Crippen LogP contribution in [-0.4, -0.2) is 57.1 Å². The molecule has 2 aliphatic rings. The van der Waals surface area contributed by atoms with E-state index in [2.05, 4.69) is 20.2 Å². The number of amides is 1. The molecule has 1 saturated heterocycles. The first-order chi connectivity index (χ1) is 17.8. The molecule has 0 radical (unpaired) electrons. The Morgan fingerprint density at radius 1 is 1.22 bits per heavy atom. The summed E-state index contributed by atoms with van der Waals surface area (Å²) in [4.78, 5) is 37.7. The molecule has 37 heavy (non-hydrogen) atoms. The Bertz CT molecular complexity index is 1370. The Kier molecular flexibility index (Phi) is 7.44. The first-order valence-electron chi connectivity index (χ1n) is 12.8. The molecule has 0 unspecified atom stereocenters. The van der Waals surface area contributed by atoms with Crippen LogP contribution >= 0.6 is 11.6 Å². The van der Waals surface area contributed by atoms with Crippen molar-refractivity contribution in [1.29, 1.82) is 0 Å². The van der Waals surface area contributed by atoms with E-state index >= 15 is 0 Å². The summed E-state index contributed by atoms with van der Waals surface area (Å²) in [6, 6.07) is 5.60. The van der Waals surface area contributed by atoms with Crippen LogP contribution in [-0.2, 0) is 11.3 Å². The minimum atomic E-state index is -0.587. The van der Waals surface area contributed by atoms with Crippen molar-refractivity contribution in [3.63, 3.8) is 0 Å². The smallest absolute Gasteiger partial charge is 0.263 e. The topological polar surface area (TPSA) is 89.3 Å². The number of halogens is 2. The first kappa shape index (κ1) is 25.6. The Morgan fingerprint density at radius 2 is 1.97 bits per heavy atom. The summed E-state index contributed by atoms with van der Waals surface area (Å²) < 4.78 is 21.3. The van der Waals surface area contributed by atoms with Crippen molar-refractivity contribution in [3.05, 3.63) is 51.7 Å². The zero-order valence-corrected chi connectivity index (χ0v) is 21.8. The average Bonchev–Trinajstić information content (AvgIpc) is 3.68. The number of pyridine rings is 1. The highest BCUT2D eigenvalue weighted by Gasteiger charge is 2.28. The van der Waals surface area contributed by atoms with E-state index in [0.29, 0.717) is 11.3 Å². The van der Waals surface area contributed by atoms with Gasteiger partial charge in [0.15, 0.2) is 5.65 Å². The highest BCUT2D eigenvalue weighted by atomic mass is 35.5. The predicted molar refractivity (Wildman–Crippen MR) is 140 cm³/mol. The third-order valence-electron chi connectivity index (χ3n) is 6.76. The number of nitrogens with one attached hydrogen (secondary N) is 1. The lowest BCUT2D eigenvalue weighted by molar-refractivity contribution is -0.122. The number of ether oxygens (including phenoxy) is 1. The highest BCUT2D eigenvalue weighted by Crippen LogP contribution is 2.31. The largest absolute Gasteiger partial charge is 0.489 e. The summed E-state index contributed by atoms with van der Waals surface area (Å²) in [5.74, 6) is 0.627. The Hall–Kier alpha value is -3.04. The molecule has 2 aromatic heterocycles. The number of rotatable bonds is 8. The molecule has 1 amide bonds. The second-order valence-corrected chi connectivity index (χ2v) is 10.7. The van der Waals surface area contributed by atoms with E-state index in [9.17, 15) is 14.0 Å². The van der Waals surface area contributed by atoms with Crippen molar-refractivity contribution < 1.29 is 13.9 Å². The molecule has 0 atom stereocenters. The fourth-order valence-electron chi connectivity index (χ4n) is 4.73. The number of carbonyl (C=O) groups is 1. The summed E-state index contributed by atoms with van der Waals surface area (Å²) in [6.45, 7) is 6.61. The van der Waals surface area contributed by atoms with Crippen molar-refractivity contribution >= 4 is 28.5 Å². The number of hydrogen-bond donors (Lipinski definition) is 1. The Morgan fingerprint density at radius 3 is 2.65 bits per heavy atom. The number of piperidine rings is 1. The van der Waals surface area contributed by atoms with Gasteiger partial charge in [0, 0.05) is 31.2 Å². The standard InChI is InChI=1S/C27H31ClFN5O3/c1-16(2)31-24(35)15-34-26(18-5-6-23(29)22(28)11-18)32-25-21(27(34)36)12-20(13-30-25)37-19-7-9-33(10-8-19)14-17-3-4-17/h5-6,11-13,16-17,19H,3-4,7-10,14-15H2,1-2H3,(H,31,35). The fraction of sp³-hybridized carbons (Fsp3) is 0.481. The fourth-order valence-corrected chi connectivity index (χ4v) is 4.91. The van der Waals surface area contributed by atoms with Crippen LogP contribution < -0.4 is 15.6 Å². The molecule has 10 heteroatoms. The summed E-state index contributed by atoms with van der Waals surface area (Å²) >= 11 is 5.99.